The maximum Gasteiger partial charge on any atom is 0.432 e. The van der Waals surface area contributed by atoms with E-state index >= 15 is 0 Å². The minimum atomic E-state index is -3.50. The summed E-state index contributed by atoms with van der Waals surface area (Å²) in [6.07, 6.45) is 0.784. The molecule has 1 atom stereocenters. The molecule has 0 radical (unpaired) electrons. The average molecular weight is 474 g/mol. The van der Waals surface area contributed by atoms with Gasteiger partial charge >= 0.3 is 7.87 Å². The molecule has 1 aromatic carbocycles. The van der Waals surface area contributed by atoms with E-state index in [4.69, 9.17) is 4.52 Å². The Labute approximate surface area is 196 Å². The summed E-state index contributed by atoms with van der Waals surface area (Å²) >= 11 is 0. The van der Waals surface area contributed by atoms with E-state index in [1.54, 1.807) is 29.7 Å². The summed E-state index contributed by atoms with van der Waals surface area (Å²) in [6, 6.07) is 6.91. The molecule has 0 amide bonds. The molecule has 178 valence electrons. The number of hydrogen-bond donors (Lipinski definition) is 4. The highest BCUT2D eigenvalue weighted by Crippen LogP contribution is 2.60. The van der Waals surface area contributed by atoms with Crippen LogP contribution in [0.2, 0.25) is 0 Å². The number of rotatable bonds is 5. The summed E-state index contributed by atoms with van der Waals surface area (Å²) in [7, 11) is -3.50. The molecule has 2 heterocycles. The van der Waals surface area contributed by atoms with E-state index in [0.717, 1.165) is 6.42 Å². The van der Waals surface area contributed by atoms with Crippen LogP contribution in [0.4, 0.5) is 5.69 Å². The highest BCUT2D eigenvalue weighted by atomic mass is 31.2. The van der Waals surface area contributed by atoms with Crippen molar-refractivity contribution in [1.82, 2.24) is 4.57 Å². The molecular formula is C24H34N4O4P+. The predicted molar refractivity (Wildman–Crippen MR) is 132 cm³/mol. The van der Waals surface area contributed by atoms with Gasteiger partial charge in [-0.3, -0.25) is 0 Å². The van der Waals surface area contributed by atoms with Crippen molar-refractivity contribution in [3.63, 3.8) is 0 Å². The molecule has 0 saturated carbocycles. The SMILES string of the molecule is CCO[P+]1(O)N=C(c2c(O)c(C(C)(C)C)n(CCC(C)(C)C)c2O)Nc2ccc(C#N)cc21. The smallest absolute Gasteiger partial charge is 0.432 e. The lowest BCUT2D eigenvalue weighted by molar-refractivity contribution is 0.318. The number of anilines is 1. The maximum absolute atomic E-state index is 11.4. The second-order valence-electron chi connectivity index (χ2n) is 10.5. The number of fused-ring (bicyclic) bond motifs is 1. The summed E-state index contributed by atoms with van der Waals surface area (Å²) in [5.41, 5.74) is 1.18. The van der Waals surface area contributed by atoms with Crippen LogP contribution in [0.3, 0.4) is 0 Å². The van der Waals surface area contributed by atoms with Gasteiger partial charge in [0.2, 0.25) is 11.2 Å². The molecule has 4 N–H and O–H groups in total. The number of aromatic nitrogens is 1. The van der Waals surface area contributed by atoms with E-state index < -0.39 is 13.3 Å². The molecule has 0 aliphatic carbocycles. The van der Waals surface area contributed by atoms with Crippen LogP contribution >= 0.6 is 7.87 Å². The van der Waals surface area contributed by atoms with E-state index in [1.807, 2.05) is 20.8 Å². The number of nitrogens with zero attached hydrogens (tertiary/aromatic N) is 3. The molecule has 8 nitrogen and oxygen atoms in total. The first kappa shape index (κ1) is 25.0. The van der Waals surface area contributed by atoms with Crippen molar-refractivity contribution in [2.45, 2.75) is 66.8 Å². The minimum Gasteiger partial charge on any atom is -0.505 e. The van der Waals surface area contributed by atoms with Gasteiger partial charge in [0.25, 0.3) is 0 Å². The van der Waals surface area contributed by atoms with Gasteiger partial charge in [0.1, 0.15) is 5.56 Å². The summed E-state index contributed by atoms with van der Waals surface area (Å²) in [5, 5.41) is 35.3. The molecular weight excluding hydrogens is 439 g/mol. The fourth-order valence-electron chi connectivity index (χ4n) is 3.92. The van der Waals surface area contributed by atoms with Crippen molar-refractivity contribution in [2.75, 3.05) is 11.9 Å². The van der Waals surface area contributed by atoms with E-state index in [1.165, 1.54) is 0 Å². The van der Waals surface area contributed by atoms with Gasteiger partial charge in [-0.05, 0) is 35.7 Å². The second-order valence-corrected chi connectivity index (χ2v) is 12.5. The van der Waals surface area contributed by atoms with E-state index in [0.29, 0.717) is 28.8 Å². The van der Waals surface area contributed by atoms with E-state index in [-0.39, 0.29) is 35.1 Å². The molecule has 0 bridgehead atoms. The molecule has 2 aromatic rings. The van der Waals surface area contributed by atoms with Crippen molar-refractivity contribution >= 4 is 24.7 Å². The number of amidine groups is 1. The molecule has 1 unspecified atom stereocenters. The molecule has 0 saturated heterocycles. The second kappa shape index (κ2) is 8.64. The van der Waals surface area contributed by atoms with Gasteiger partial charge in [-0.1, -0.05) is 41.5 Å². The minimum absolute atomic E-state index is 0.0282. The third-order valence-electron chi connectivity index (χ3n) is 5.48. The fraction of sp³-hybridized carbons (Fsp3) is 0.500. The largest absolute Gasteiger partial charge is 0.505 e. The molecule has 3 rings (SSSR count). The fourth-order valence-corrected chi connectivity index (χ4v) is 5.75. The van der Waals surface area contributed by atoms with Crippen LogP contribution in [-0.4, -0.2) is 32.1 Å². The van der Waals surface area contributed by atoms with Gasteiger partial charge < -0.3 is 20.1 Å². The van der Waals surface area contributed by atoms with Gasteiger partial charge in [-0.2, -0.15) is 14.7 Å². The van der Waals surface area contributed by atoms with Crippen LogP contribution in [-0.2, 0) is 16.5 Å². The Morgan fingerprint density at radius 1 is 1.18 bits per heavy atom. The summed E-state index contributed by atoms with van der Waals surface area (Å²) in [5.74, 6) is -0.0696. The van der Waals surface area contributed by atoms with Gasteiger partial charge in [-0.25, -0.2) is 0 Å². The molecule has 33 heavy (non-hydrogen) atoms. The molecule has 1 aliphatic heterocycles. The maximum atomic E-state index is 11.4. The van der Waals surface area contributed by atoms with Gasteiger partial charge in [0, 0.05) is 18.0 Å². The lowest BCUT2D eigenvalue weighted by Crippen LogP contribution is -2.28. The Kier molecular flexibility index (Phi) is 6.56. The predicted octanol–water partition coefficient (Wildman–Crippen LogP) is 4.79. The first-order chi connectivity index (χ1) is 15.2. The lowest BCUT2D eigenvalue weighted by atomic mass is 9.89. The van der Waals surface area contributed by atoms with Gasteiger partial charge in [0.05, 0.1) is 29.6 Å². The Balaban J connectivity index is 2.21. The first-order valence-corrected chi connectivity index (χ1v) is 12.7. The third-order valence-corrected chi connectivity index (χ3v) is 7.57. The summed E-state index contributed by atoms with van der Waals surface area (Å²) in [4.78, 5) is 11.4. The number of nitrogens with one attached hydrogen (secondary N) is 1. The highest BCUT2D eigenvalue weighted by molar-refractivity contribution is 7.72. The van der Waals surface area contributed by atoms with Crippen LogP contribution in [0.1, 0.15) is 71.7 Å². The molecule has 1 aliphatic rings. The quantitative estimate of drug-likeness (QED) is 0.463. The van der Waals surface area contributed by atoms with Crippen molar-refractivity contribution in [3.05, 3.63) is 35.0 Å². The summed E-state index contributed by atoms with van der Waals surface area (Å²) in [6.45, 7) is 14.7. The normalized spacial score (nSPS) is 18.3. The molecule has 0 spiro atoms. The van der Waals surface area contributed by atoms with Crippen molar-refractivity contribution in [1.29, 1.82) is 5.26 Å². The van der Waals surface area contributed by atoms with Crippen LogP contribution in [0.15, 0.2) is 23.0 Å². The van der Waals surface area contributed by atoms with Gasteiger partial charge in [0.15, 0.2) is 11.6 Å². The number of nitriles is 1. The van der Waals surface area contributed by atoms with Crippen LogP contribution in [0.25, 0.3) is 0 Å². The zero-order valence-electron chi connectivity index (χ0n) is 20.4. The van der Waals surface area contributed by atoms with Crippen LogP contribution in [0, 0.1) is 16.7 Å². The van der Waals surface area contributed by atoms with Crippen molar-refractivity contribution in [2.24, 2.45) is 10.2 Å². The standard InChI is InChI=1S/C24H33N4O4P/c1-8-32-33(31)17-13-15(14-25)9-10-16(17)26-21(27-33)18-19(29)20(24(5,6)7)28(22(18)30)12-11-23(2,3)4/h9-10,13,31H,8,11-12H2,1-7H3,(H2-,26,27,29,30)/p+1. The Hall–Kier alpha value is -2.59. The van der Waals surface area contributed by atoms with E-state index in [9.17, 15) is 20.4 Å². The zero-order valence-corrected chi connectivity index (χ0v) is 21.3. The van der Waals surface area contributed by atoms with Gasteiger partial charge in [-0.15, -0.1) is 0 Å². The number of benzene rings is 1. The Morgan fingerprint density at radius 3 is 2.39 bits per heavy atom. The van der Waals surface area contributed by atoms with E-state index in [2.05, 4.69) is 36.9 Å². The first-order valence-electron chi connectivity index (χ1n) is 11.1. The number of hydrogen-bond acceptors (Lipinski definition) is 7. The highest BCUT2D eigenvalue weighted by Gasteiger charge is 2.49. The zero-order chi connectivity index (χ0) is 24.8. The monoisotopic (exact) mass is 473 g/mol. The van der Waals surface area contributed by atoms with Crippen LogP contribution < -0.4 is 10.6 Å². The number of aromatic hydroxyl groups is 2. The molecule has 9 heteroatoms. The third kappa shape index (κ3) is 4.86. The lowest BCUT2D eigenvalue weighted by Gasteiger charge is -2.25. The average Bonchev–Trinajstić information content (AvgIpc) is 2.95. The summed E-state index contributed by atoms with van der Waals surface area (Å²) < 4.78 is 11.9. The van der Waals surface area contributed by atoms with Crippen molar-refractivity contribution in [3.8, 4) is 17.7 Å². The molecule has 0 fully saturated rings. The van der Waals surface area contributed by atoms with Crippen molar-refractivity contribution < 1.29 is 19.6 Å². The Morgan fingerprint density at radius 2 is 1.85 bits per heavy atom. The Bertz CT molecular complexity index is 1140. The topological polar surface area (TPSA) is 123 Å². The molecule has 1 aromatic heterocycles. The van der Waals surface area contributed by atoms with Crippen LogP contribution in [0.5, 0.6) is 11.6 Å².